The van der Waals surface area contributed by atoms with Crippen LogP contribution in [0.15, 0.2) is 35.1 Å². The maximum absolute atomic E-state index is 12.4. The smallest absolute Gasteiger partial charge is 0.420 e. The van der Waals surface area contributed by atoms with Crippen LogP contribution in [0, 0.1) is 23.7 Å². The highest BCUT2D eigenvalue weighted by molar-refractivity contribution is 5.77. The van der Waals surface area contributed by atoms with Crippen molar-refractivity contribution in [2.24, 2.45) is 23.7 Å². The van der Waals surface area contributed by atoms with Crippen molar-refractivity contribution in [1.82, 2.24) is 0 Å². The minimum Gasteiger partial charge on any atom is -0.420 e. The number of ether oxygens (including phenoxy) is 1. The molecule has 2 nitrogen and oxygen atoms in total. The summed E-state index contributed by atoms with van der Waals surface area (Å²) in [7, 11) is 0. The molecule has 5 heteroatoms. The maximum atomic E-state index is 12.4. The van der Waals surface area contributed by atoms with Crippen molar-refractivity contribution in [3.8, 4) is 0 Å². The average Bonchev–Trinajstić information content (AvgIpc) is 2.82. The van der Waals surface area contributed by atoms with Gasteiger partial charge in [-0.3, -0.25) is 0 Å². The first-order valence-electron chi connectivity index (χ1n) is 7.22. The monoisotopic (exact) mass is 298 g/mol. The standard InChI is InChI=1S/C16H17F3O2/c1-8-3-4-12-13(21-15(20)16(17,18)19)7-9(2)11-6-5-10(8)14(11)12/h3-4,7-11H,5-6H2,1-2H3. The zero-order valence-electron chi connectivity index (χ0n) is 11.9. The summed E-state index contributed by atoms with van der Waals surface area (Å²) in [5.74, 6) is -0.848. The van der Waals surface area contributed by atoms with Gasteiger partial charge in [0.15, 0.2) is 0 Å². The molecular weight excluding hydrogens is 281 g/mol. The van der Waals surface area contributed by atoms with Crippen LogP contribution < -0.4 is 0 Å². The second kappa shape index (κ2) is 4.75. The Labute approximate surface area is 121 Å². The topological polar surface area (TPSA) is 26.3 Å². The number of allylic oxidation sites excluding steroid dienone is 4. The van der Waals surface area contributed by atoms with Gasteiger partial charge in [0.1, 0.15) is 5.76 Å². The third-order valence-electron chi connectivity index (χ3n) is 4.85. The Morgan fingerprint density at radius 1 is 1.19 bits per heavy atom. The van der Waals surface area contributed by atoms with Gasteiger partial charge in [0.25, 0.3) is 0 Å². The van der Waals surface area contributed by atoms with E-state index >= 15 is 0 Å². The van der Waals surface area contributed by atoms with Gasteiger partial charge in [0.2, 0.25) is 0 Å². The van der Waals surface area contributed by atoms with Crippen molar-refractivity contribution in [3.63, 3.8) is 0 Å². The van der Waals surface area contributed by atoms with Gasteiger partial charge < -0.3 is 4.74 Å². The number of hydrogen-bond donors (Lipinski definition) is 0. The highest BCUT2D eigenvalue weighted by atomic mass is 19.4. The highest BCUT2D eigenvalue weighted by Crippen LogP contribution is 2.52. The van der Waals surface area contributed by atoms with Gasteiger partial charge >= 0.3 is 12.1 Å². The lowest BCUT2D eigenvalue weighted by molar-refractivity contribution is -0.195. The molecule has 3 aliphatic carbocycles. The Morgan fingerprint density at radius 3 is 2.43 bits per heavy atom. The van der Waals surface area contributed by atoms with E-state index in [0.717, 1.165) is 12.8 Å². The molecule has 0 aromatic rings. The fraction of sp³-hybridized carbons (Fsp3) is 0.562. The van der Waals surface area contributed by atoms with Crippen molar-refractivity contribution in [2.45, 2.75) is 32.9 Å². The lowest BCUT2D eigenvalue weighted by Crippen LogP contribution is -2.28. The second-order valence-electron chi connectivity index (χ2n) is 6.15. The Kier molecular flexibility index (Phi) is 3.26. The summed E-state index contributed by atoms with van der Waals surface area (Å²) < 4.78 is 41.9. The van der Waals surface area contributed by atoms with Crippen LogP contribution in [-0.4, -0.2) is 12.1 Å². The minimum absolute atomic E-state index is 0.0751. The first-order valence-corrected chi connectivity index (χ1v) is 7.22. The molecular formula is C16H17F3O2. The predicted molar refractivity (Wildman–Crippen MR) is 70.9 cm³/mol. The first-order chi connectivity index (χ1) is 9.79. The van der Waals surface area contributed by atoms with E-state index < -0.39 is 12.1 Å². The molecule has 0 bridgehead atoms. The second-order valence-corrected chi connectivity index (χ2v) is 6.15. The van der Waals surface area contributed by atoms with Crippen molar-refractivity contribution < 1.29 is 22.7 Å². The van der Waals surface area contributed by atoms with Gasteiger partial charge in [-0.2, -0.15) is 13.2 Å². The third-order valence-corrected chi connectivity index (χ3v) is 4.85. The molecule has 1 fully saturated rings. The van der Waals surface area contributed by atoms with E-state index in [4.69, 9.17) is 0 Å². The largest absolute Gasteiger partial charge is 0.491 e. The first kappa shape index (κ1) is 14.4. The van der Waals surface area contributed by atoms with Crippen molar-refractivity contribution >= 4 is 5.97 Å². The number of alkyl halides is 3. The zero-order chi connectivity index (χ0) is 15.4. The van der Waals surface area contributed by atoms with Crippen LogP contribution in [0.4, 0.5) is 13.2 Å². The lowest BCUT2D eigenvalue weighted by atomic mass is 9.73. The van der Waals surface area contributed by atoms with E-state index in [9.17, 15) is 18.0 Å². The molecule has 0 N–H and O–H groups in total. The van der Waals surface area contributed by atoms with Gasteiger partial charge in [0.05, 0.1) is 0 Å². The Hall–Kier alpha value is -1.52. The van der Waals surface area contributed by atoms with Crippen LogP contribution >= 0.6 is 0 Å². The predicted octanol–water partition coefficient (Wildman–Crippen LogP) is 4.15. The molecule has 0 amide bonds. The summed E-state index contributed by atoms with van der Waals surface area (Å²) in [4.78, 5) is 11.1. The fourth-order valence-electron chi connectivity index (χ4n) is 3.83. The van der Waals surface area contributed by atoms with E-state index in [1.807, 2.05) is 19.1 Å². The summed E-state index contributed by atoms with van der Waals surface area (Å²) in [5.41, 5.74) is 1.88. The van der Waals surface area contributed by atoms with Crippen molar-refractivity contribution in [1.29, 1.82) is 0 Å². The summed E-state index contributed by atoms with van der Waals surface area (Å²) in [5, 5.41) is 0. The summed E-state index contributed by atoms with van der Waals surface area (Å²) in [6.07, 6.45) is 2.61. The zero-order valence-corrected chi connectivity index (χ0v) is 11.9. The maximum Gasteiger partial charge on any atom is 0.491 e. The van der Waals surface area contributed by atoms with E-state index in [1.54, 1.807) is 6.08 Å². The Bertz CT molecular complexity index is 561. The molecule has 0 heterocycles. The number of esters is 1. The molecule has 21 heavy (non-hydrogen) atoms. The lowest BCUT2D eigenvalue weighted by Gasteiger charge is -2.33. The average molecular weight is 298 g/mol. The van der Waals surface area contributed by atoms with Gasteiger partial charge in [-0.05, 0) is 42.6 Å². The molecule has 3 rings (SSSR count). The molecule has 3 aliphatic rings. The van der Waals surface area contributed by atoms with Crippen molar-refractivity contribution in [3.05, 3.63) is 35.1 Å². The summed E-state index contributed by atoms with van der Waals surface area (Å²) >= 11 is 0. The molecule has 0 spiro atoms. The quantitative estimate of drug-likeness (QED) is 0.680. The van der Waals surface area contributed by atoms with Crippen LogP contribution in [0.5, 0.6) is 0 Å². The van der Waals surface area contributed by atoms with E-state index in [-0.39, 0.29) is 11.7 Å². The molecule has 114 valence electrons. The van der Waals surface area contributed by atoms with Crippen LogP contribution in [0.3, 0.4) is 0 Å². The van der Waals surface area contributed by atoms with Crippen molar-refractivity contribution in [2.75, 3.05) is 0 Å². The van der Waals surface area contributed by atoms with Crippen LogP contribution in [0.25, 0.3) is 0 Å². The molecule has 0 saturated heterocycles. The summed E-state index contributed by atoms with van der Waals surface area (Å²) in [6, 6.07) is 0. The highest BCUT2D eigenvalue weighted by Gasteiger charge is 2.45. The molecule has 1 saturated carbocycles. The van der Waals surface area contributed by atoms with Crippen LogP contribution in [-0.2, 0) is 9.53 Å². The van der Waals surface area contributed by atoms with Crippen LogP contribution in [0.2, 0.25) is 0 Å². The van der Waals surface area contributed by atoms with E-state index in [2.05, 4.69) is 11.7 Å². The Balaban J connectivity index is 1.95. The SMILES string of the molecule is CC1C=CC2=C3C1CCC3C(C)C=C2OC(=O)C(F)(F)F. The van der Waals surface area contributed by atoms with Crippen LogP contribution in [0.1, 0.15) is 26.7 Å². The molecule has 0 aliphatic heterocycles. The molecule has 4 unspecified atom stereocenters. The number of hydrogen-bond acceptors (Lipinski definition) is 2. The number of rotatable bonds is 1. The number of carbonyl (C=O) groups excluding carboxylic acids is 1. The number of halogens is 3. The fourth-order valence-corrected chi connectivity index (χ4v) is 3.83. The molecule has 4 atom stereocenters. The third kappa shape index (κ3) is 2.32. The van der Waals surface area contributed by atoms with Gasteiger partial charge in [-0.1, -0.05) is 31.6 Å². The molecule has 0 aromatic carbocycles. The Morgan fingerprint density at radius 2 is 1.81 bits per heavy atom. The summed E-state index contributed by atoms with van der Waals surface area (Å²) in [6.45, 7) is 4.10. The normalized spacial score (nSPS) is 34.6. The van der Waals surface area contributed by atoms with Gasteiger partial charge in [-0.25, -0.2) is 4.79 Å². The minimum atomic E-state index is -4.97. The number of carbonyl (C=O) groups is 1. The van der Waals surface area contributed by atoms with E-state index in [0.29, 0.717) is 23.3 Å². The van der Waals surface area contributed by atoms with E-state index in [1.165, 1.54) is 5.57 Å². The molecule has 0 aromatic heterocycles. The van der Waals surface area contributed by atoms with Gasteiger partial charge in [-0.15, -0.1) is 0 Å². The molecule has 0 radical (unpaired) electrons. The van der Waals surface area contributed by atoms with Gasteiger partial charge in [0, 0.05) is 5.57 Å².